The molecule has 1 aliphatic rings. The number of anilines is 1. The van der Waals surface area contributed by atoms with E-state index in [4.69, 9.17) is 0 Å². The summed E-state index contributed by atoms with van der Waals surface area (Å²) in [6.45, 7) is 7.22. The van der Waals surface area contributed by atoms with Gasteiger partial charge >= 0.3 is 5.97 Å². The average Bonchev–Trinajstić information content (AvgIpc) is 3.05. The third-order valence-electron chi connectivity index (χ3n) is 6.50. The molecule has 0 saturated carbocycles. The van der Waals surface area contributed by atoms with E-state index < -0.39 is 27.5 Å². The lowest BCUT2D eigenvalue weighted by molar-refractivity contribution is -0.471. The lowest BCUT2D eigenvalue weighted by Gasteiger charge is -2.17. The number of carbonyl (C=O) groups is 2. The van der Waals surface area contributed by atoms with Crippen molar-refractivity contribution in [2.75, 3.05) is 4.90 Å². The number of hydrogen-bond acceptors (Lipinski definition) is 4. The van der Waals surface area contributed by atoms with E-state index in [1.165, 1.54) is 24.0 Å². The molecule has 1 heterocycles. The number of benzene rings is 2. The Labute approximate surface area is 218 Å². The van der Waals surface area contributed by atoms with Crippen molar-refractivity contribution in [2.24, 2.45) is 0 Å². The number of aliphatic carboxylic acids is 1. The van der Waals surface area contributed by atoms with Crippen molar-refractivity contribution < 1.29 is 32.2 Å². The molecular formula is C28H33N2O6S+. The number of para-hydroxylation sites is 1. The molecule has 1 aliphatic heterocycles. The third-order valence-corrected chi connectivity index (χ3v) is 7.35. The summed E-state index contributed by atoms with van der Waals surface area (Å²) in [5, 5.41) is 10.1. The normalized spacial score (nSPS) is 15.8. The molecule has 0 saturated heterocycles. The van der Waals surface area contributed by atoms with Gasteiger partial charge in [0.2, 0.25) is 11.6 Å². The van der Waals surface area contributed by atoms with Gasteiger partial charge in [0.15, 0.2) is 5.71 Å². The van der Waals surface area contributed by atoms with Gasteiger partial charge in [-0.05, 0) is 50.6 Å². The smallest absolute Gasteiger partial charge is 0.373 e. The molecule has 0 aromatic heterocycles. The average molecular weight is 526 g/mol. The number of hydrogen-bond donors (Lipinski definition) is 2. The van der Waals surface area contributed by atoms with Gasteiger partial charge in [-0.1, -0.05) is 37.6 Å². The Morgan fingerprint density at radius 2 is 1.78 bits per heavy atom. The predicted octanol–water partition coefficient (Wildman–Crippen LogP) is 5.08. The van der Waals surface area contributed by atoms with E-state index in [-0.39, 0.29) is 10.8 Å². The number of nitrogens with zero attached hydrogens (tertiary/aromatic N) is 2. The van der Waals surface area contributed by atoms with Gasteiger partial charge in [-0.3, -0.25) is 14.2 Å². The summed E-state index contributed by atoms with van der Waals surface area (Å²) >= 11 is 0. The number of carboxylic acid groups (broad SMARTS) is 1. The second-order valence-electron chi connectivity index (χ2n) is 9.46. The van der Waals surface area contributed by atoms with Gasteiger partial charge in [0.1, 0.15) is 0 Å². The summed E-state index contributed by atoms with van der Waals surface area (Å²) in [6.07, 6.45) is 8.78. The maximum Gasteiger partial charge on any atom is 0.373 e. The highest BCUT2D eigenvalue weighted by Crippen LogP contribution is 2.42. The van der Waals surface area contributed by atoms with Crippen LogP contribution in [0.25, 0.3) is 0 Å². The Morgan fingerprint density at radius 3 is 2.35 bits per heavy atom. The van der Waals surface area contributed by atoms with E-state index in [0.29, 0.717) is 35.5 Å². The molecule has 8 nitrogen and oxygen atoms in total. The summed E-state index contributed by atoms with van der Waals surface area (Å²) in [7, 11) is -4.44. The largest absolute Gasteiger partial charge is 0.476 e. The molecule has 1 amide bonds. The molecule has 0 aliphatic carbocycles. The van der Waals surface area contributed by atoms with E-state index in [2.05, 4.69) is 0 Å². The van der Waals surface area contributed by atoms with Gasteiger partial charge in [0.25, 0.3) is 16.2 Å². The second-order valence-corrected chi connectivity index (χ2v) is 10.9. The first-order valence-electron chi connectivity index (χ1n) is 12.1. The van der Waals surface area contributed by atoms with Crippen molar-refractivity contribution in [3.63, 3.8) is 0 Å². The fourth-order valence-electron chi connectivity index (χ4n) is 4.58. The Hall–Kier alpha value is -3.56. The highest BCUT2D eigenvalue weighted by molar-refractivity contribution is 7.85. The van der Waals surface area contributed by atoms with Crippen LogP contribution in [0.2, 0.25) is 0 Å². The van der Waals surface area contributed by atoms with E-state index in [1.54, 1.807) is 35.1 Å². The molecule has 1 unspecified atom stereocenters. The summed E-state index contributed by atoms with van der Waals surface area (Å²) in [5.41, 5.74) is 1.80. The molecule has 2 aromatic carbocycles. The van der Waals surface area contributed by atoms with Crippen LogP contribution in [0.3, 0.4) is 0 Å². The summed E-state index contributed by atoms with van der Waals surface area (Å²) in [5.74, 6) is -1.15. The maximum absolute atomic E-state index is 12.4. The van der Waals surface area contributed by atoms with Crippen LogP contribution in [0.4, 0.5) is 11.4 Å². The number of amides is 1. The van der Waals surface area contributed by atoms with Crippen molar-refractivity contribution in [1.29, 1.82) is 0 Å². The van der Waals surface area contributed by atoms with Crippen LogP contribution in [0.15, 0.2) is 77.9 Å². The molecule has 0 radical (unpaired) electrons. The van der Waals surface area contributed by atoms with Crippen molar-refractivity contribution in [3.8, 4) is 0 Å². The van der Waals surface area contributed by atoms with Crippen LogP contribution in [0, 0.1) is 0 Å². The number of carboxylic acids is 1. The molecule has 196 valence electrons. The van der Waals surface area contributed by atoms with E-state index in [1.807, 2.05) is 51.1 Å². The first-order valence-corrected chi connectivity index (χ1v) is 13.5. The Kier molecular flexibility index (Phi) is 8.50. The molecule has 0 spiro atoms. The van der Waals surface area contributed by atoms with Gasteiger partial charge in [0, 0.05) is 42.9 Å². The summed E-state index contributed by atoms with van der Waals surface area (Å²) in [4.78, 5) is 25.8. The third kappa shape index (κ3) is 6.06. The molecule has 2 aromatic rings. The van der Waals surface area contributed by atoms with Crippen LogP contribution in [0.1, 0.15) is 52.5 Å². The summed E-state index contributed by atoms with van der Waals surface area (Å²) < 4.78 is 35.0. The zero-order valence-corrected chi connectivity index (χ0v) is 22.3. The molecule has 0 bridgehead atoms. The molecule has 0 fully saturated rings. The highest BCUT2D eigenvalue weighted by Gasteiger charge is 2.49. The number of rotatable bonds is 10. The molecule has 9 heteroatoms. The Balaban J connectivity index is 2.11. The van der Waals surface area contributed by atoms with Crippen molar-refractivity contribution in [2.45, 2.75) is 63.3 Å². The van der Waals surface area contributed by atoms with Crippen LogP contribution >= 0.6 is 0 Å². The standard InChI is InChI=1S/C28H32N2O6S/c1-5-6-14-25(27(32)33)30-24-17-16-22(37(34,35)36)19-23(24)28(3,4)26(30)15-10-11-18-29(20(2)31)21-12-8-7-9-13-21/h7-13,15-19,25H,5-6,14H2,1-4H3,(H-,32,33,34,35,36)/p+1. The van der Waals surface area contributed by atoms with E-state index in [0.717, 1.165) is 6.42 Å². The highest BCUT2D eigenvalue weighted by atomic mass is 32.2. The Bertz CT molecular complexity index is 1370. The second kappa shape index (κ2) is 11.2. The molecule has 1 atom stereocenters. The van der Waals surface area contributed by atoms with Gasteiger partial charge in [-0.25, -0.2) is 4.79 Å². The van der Waals surface area contributed by atoms with Gasteiger partial charge < -0.3 is 5.11 Å². The molecule has 2 N–H and O–H groups in total. The van der Waals surface area contributed by atoms with Crippen LogP contribution in [-0.2, 0) is 25.1 Å². The molecule has 37 heavy (non-hydrogen) atoms. The SMILES string of the molecule is CCCCC(C(=O)O)[N+]1=C(/C=C/C=C/N(C(C)=O)c2ccccc2)C(C)(C)c2cc(S(=O)(=O)O)ccc21. The Morgan fingerprint density at radius 1 is 1.11 bits per heavy atom. The van der Waals surface area contributed by atoms with Crippen molar-refractivity contribution in [1.82, 2.24) is 0 Å². The minimum Gasteiger partial charge on any atom is -0.476 e. The zero-order chi connectivity index (χ0) is 27.4. The molecular weight excluding hydrogens is 492 g/mol. The lowest BCUT2D eigenvalue weighted by Crippen LogP contribution is -2.36. The number of allylic oxidation sites excluding steroid dienone is 3. The molecule has 3 rings (SSSR count). The van der Waals surface area contributed by atoms with Crippen LogP contribution < -0.4 is 4.90 Å². The lowest BCUT2D eigenvalue weighted by atomic mass is 9.81. The zero-order valence-electron chi connectivity index (χ0n) is 21.5. The monoisotopic (exact) mass is 525 g/mol. The first-order chi connectivity index (χ1) is 17.4. The van der Waals surface area contributed by atoms with Crippen LogP contribution in [0.5, 0.6) is 0 Å². The minimum absolute atomic E-state index is 0.165. The van der Waals surface area contributed by atoms with Gasteiger partial charge in [-0.15, -0.1) is 0 Å². The van der Waals surface area contributed by atoms with E-state index in [9.17, 15) is 27.7 Å². The quantitative estimate of drug-likeness (QED) is 0.254. The fraction of sp³-hybridized carbons (Fsp3) is 0.321. The predicted molar refractivity (Wildman–Crippen MR) is 143 cm³/mol. The van der Waals surface area contributed by atoms with Gasteiger partial charge in [0.05, 0.1) is 10.3 Å². The summed E-state index contributed by atoms with van der Waals surface area (Å²) in [6, 6.07) is 12.6. The fourth-order valence-corrected chi connectivity index (χ4v) is 5.09. The maximum atomic E-state index is 12.4. The first kappa shape index (κ1) is 28.0. The van der Waals surface area contributed by atoms with Crippen LogP contribution in [-0.4, -0.2) is 46.3 Å². The van der Waals surface area contributed by atoms with Crippen molar-refractivity contribution in [3.05, 3.63) is 78.5 Å². The van der Waals surface area contributed by atoms with E-state index >= 15 is 0 Å². The topological polar surface area (TPSA) is 115 Å². The number of fused-ring (bicyclic) bond motifs is 1. The number of carbonyl (C=O) groups excluding carboxylic acids is 1. The van der Waals surface area contributed by atoms with Crippen molar-refractivity contribution >= 4 is 39.1 Å². The van der Waals surface area contributed by atoms with Gasteiger partial charge in [-0.2, -0.15) is 13.0 Å². The minimum atomic E-state index is -4.44. The number of unbranched alkanes of at least 4 members (excludes halogenated alkanes) is 1.